The Morgan fingerprint density at radius 3 is 2.28 bits per heavy atom. The zero-order valence-corrected chi connectivity index (χ0v) is 30.5. The van der Waals surface area contributed by atoms with Crippen LogP contribution in [0.15, 0.2) is 30.3 Å². The molecule has 0 saturated heterocycles. The molecule has 0 aromatic heterocycles. The van der Waals surface area contributed by atoms with Gasteiger partial charge in [0.2, 0.25) is 5.91 Å². The van der Waals surface area contributed by atoms with Gasteiger partial charge in [0.15, 0.2) is 0 Å². The first-order valence-electron chi connectivity index (χ1n) is 19.0. The van der Waals surface area contributed by atoms with Gasteiger partial charge < -0.3 is 15.4 Å². The molecule has 4 fully saturated rings. The number of amides is 2. The lowest BCUT2D eigenvalue weighted by Gasteiger charge is -2.61. The Morgan fingerprint density at radius 1 is 0.891 bits per heavy atom. The third-order valence-corrected chi connectivity index (χ3v) is 13.5. The molecule has 46 heavy (non-hydrogen) atoms. The van der Waals surface area contributed by atoms with Crippen LogP contribution >= 0.6 is 0 Å². The first-order valence-corrected chi connectivity index (χ1v) is 19.0. The van der Waals surface area contributed by atoms with Crippen molar-refractivity contribution in [1.82, 2.24) is 10.6 Å². The lowest BCUT2D eigenvalue weighted by atomic mass is 9.44. The Kier molecular flexibility index (Phi) is 10.9. The second kappa shape index (κ2) is 14.2. The average Bonchev–Trinajstić information content (AvgIpc) is 3.33. The van der Waals surface area contributed by atoms with E-state index < -0.39 is 17.7 Å². The number of fused-ring (bicyclic) bond motifs is 5. The van der Waals surface area contributed by atoms with Crippen LogP contribution in [0.25, 0.3) is 0 Å². The van der Waals surface area contributed by atoms with Crippen LogP contribution in [0.3, 0.4) is 0 Å². The maximum Gasteiger partial charge on any atom is 0.408 e. The molecule has 0 aliphatic heterocycles. The molecule has 1 aromatic rings. The number of ether oxygens (including phenoxy) is 1. The molecule has 0 heterocycles. The molecule has 0 radical (unpaired) electrons. The Bertz CT molecular complexity index is 1180. The molecule has 5 heteroatoms. The van der Waals surface area contributed by atoms with E-state index in [-0.39, 0.29) is 11.9 Å². The number of carbonyl (C=O) groups excluding carboxylic acids is 2. The Balaban J connectivity index is 1.21. The van der Waals surface area contributed by atoms with E-state index in [9.17, 15) is 9.59 Å². The van der Waals surface area contributed by atoms with Crippen LogP contribution < -0.4 is 10.6 Å². The van der Waals surface area contributed by atoms with Crippen molar-refractivity contribution in [2.45, 2.75) is 157 Å². The van der Waals surface area contributed by atoms with Gasteiger partial charge in [0.25, 0.3) is 0 Å². The first-order chi connectivity index (χ1) is 21.7. The van der Waals surface area contributed by atoms with Crippen molar-refractivity contribution in [3.8, 4) is 0 Å². The maximum atomic E-state index is 13.7. The summed E-state index contributed by atoms with van der Waals surface area (Å²) >= 11 is 0. The highest BCUT2D eigenvalue weighted by molar-refractivity contribution is 5.86. The van der Waals surface area contributed by atoms with Crippen LogP contribution in [0.1, 0.15) is 138 Å². The standard InChI is InChI=1S/C41H66N2O3/c1-27(2)13-12-14-28(3)33-19-20-34-32-18-17-30-26-31(21-23-40(30,7)35(32)22-24-41(33,34)8)42-37(44)36(25-29-15-10-9-11-16-29)43-38(45)46-39(4,5)6/h9-11,15-16,27-28,30-36H,12-14,17-26H2,1-8H3,(H,42,44)(H,43,45)/t28-,30?,31?,32+,33-,34+,35+,36+,40+,41-/m1/s1. The minimum atomic E-state index is -0.666. The van der Waals surface area contributed by atoms with E-state index in [0.717, 1.165) is 53.9 Å². The Labute approximate surface area is 281 Å². The van der Waals surface area contributed by atoms with Gasteiger partial charge in [-0.05, 0) is 136 Å². The third kappa shape index (κ3) is 7.81. The summed E-state index contributed by atoms with van der Waals surface area (Å²) in [5, 5.41) is 6.30. The lowest BCUT2D eigenvalue weighted by molar-refractivity contribution is -0.129. The molecule has 10 atom stereocenters. The van der Waals surface area contributed by atoms with Crippen LogP contribution in [-0.4, -0.2) is 29.7 Å². The van der Waals surface area contributed by atoms with Crippen molar-refractivity contribution in [3.05, 3.63) is 35.9 Å². The van der Waals surface area contributed by atoms with E-state index in [1.165, 1.54) is 64.2 Å². The summed E-state index contributed by atoms with van der Waals surface area (Å²) in [6, 6.07) is 9.45. The van der Waals surface area contributed by atoms with E-state index >= 15 is 0 Å². The number of carbonyl (C=O) groups is 2. The SMILES string of the molecule is CC(C)CCC[C@@H](C)[C@H]1CC[C@H]2[C@@H]3CCC4CC(NC(=O)[C@H](Cc5ccccc5)NC(=O)OC(C)(C)C)CC[C@]4(C)[C@H]3CC[C@]12C. The number of benzene rings is 1. The van der Waals surface area contributed by atoms with Gasteiger partial charge in [-0.1, -0.05) is 84.2 Å². The quantitative estimate of drug-likeness (QED) is 0.269. The van der Waals surface area contributed by atoms with Crippen LogP contribution in [-0.2, 0) is 16.0 Å². The predicted molar refractivity (Wildman–Crippen MR) is 188 cm³/mol. The Morgan fingerprint density at radius 2 is 1.59 bits per heavy atom. The van der Waals surface area contributed by atoms with Crippen LogP contribution in [0.5, 0.6) is 0 Å². The molecular weight excluding hydrogens is 568 g/mol. The monoisotopic (exact) mass is 635 g/mol. The summed E-state index contributed by atoms with van der Waals surface area (Å²) in [5.74, 6) is 5.76. The molecule has 1 aromatic carbocycles. The van der Waals surface area contributed by atoms with Gasteiger partial charge in [-0.2, -0.15) is 0 Å². The van der Waals surface area contributed by atoms with Crippen molar-refractivity contribution in [2.75, 3.05) is 0 Å². The van der Waals surface area contributed by atoms with Gasteiger partial charge in [0, 0.05) is 12.5 Å². The topological polar surface area (TPSA) is 67.4 Å². The molecule has 2 amide bonds. The second-order valence-corrected chi connectivity index (χ2v) is 18.1. The van der Waals surface area contributed by atoms with Crippen LogP contribution in [0, 0.1) is 52.3 Å². The summed E-state index contributed by atoms with van der Waals surface area (Å²) < 4.78 is 5.53. The molecule has 4 saturated carbocycles. The van der Waals surface area contributed by atoms with Crippen molar-refractivity contribution in [1.29, 1.82) is 0 Å². The number of alkyl carbamates (subject to hydrolysis) is 1. The Hall–Kier alpha value is -2.04. The van der Waals surface area contributed by atoms with Crippen molar-refractivity contribution >= 4 is 12.0 Å². The highest BCUT2D eigenvalue weighted by Crippen LogP contribution is 2.68. The number of hydrogen-bond acceptors (Lipinski definition) is 3. The molecular formula is C41H66N2O3. The van der Waals surface area contributed by atoms with Gasteiger partial charge in [0.1, 0.15) is 11.6 Å². The van der Waals surface area contributed by atoms with Gasteiger partial charge in [-0.25, -0.2) is 4.79 Å². The molecule has 0 bridgehead atoms. The summed E-state index contributed by atoms with van der Waals surface area (Å²) in [6.07, 6.45) is 15.8. The predicted octanol–water partition coefficient (Wildman–Crippen LogP) is 9.73. The van der Waals surface area contributed by atoms with Crippen molar-refractivity contribution < 1.29 is 14.3 Å². The fraction of sp³-hybridized carbons (Fsp3) is 0.805. The molecule has 5 nitrogen and oxygen atoms in total. The number of hydrogen-bond donors (Lipinski definition) is 2. The number of rotatable bonds is 10. The van der Waals surface area contributed by atoms with Crippen molar-refractivity contribution in [3.63, 3.8) is 0 Å². The summed E-state index contributed by atoms with van der Waals surface area (Å²) in [6.45, 7) is 18.2. The smallest absolute Gasteiger partial charge is 0.408 e. The van der Waals surface area contributed by atoms with E-state index in [0.29, 0.717) is 23.2 Å². The highest BCUT2D eigenvalue weighted by Gasteiger charge is 2.60. The second-order valence-electron chi connectivity index (χ2n) is 18.1. The zero-order chi connectivity index (χ0) is 33.3. The first kappa shape index (κ1) is 35.3. The van der Waals surface area contributed by atoms with E-state index in [2.05, 4.69) is 45.3 Å². The largest absolute Gasteiger partial charge is 0.444 e. The fourth-order valence-electron chi connectivity index (χ4n) is 11.2. The zero-order valence-electron chi connectivity index (χ0n) is 30.5. The minimum Gasteiger partial charge on any atom is -0.444 e. The van der Waals surface area contributed by atoms with Crippen molar-refractivity contribution in [2.24, 2.45) is 52.3 Å². The van der Waals surface area contributed by atoms with Gasteiger partial charge >= 0.3 is 6.09 Å². The number of nitrogens with one attached hydrogen (secondary N) is 2. The van der Waals surface area contributed by atoms with Gasteiger partial charge in [-0.15, -0.1) is 0 Å². The molecule has 5 rings (SSSR count). The summed E-state index contributed by atoms with van der Waals surface area (Å²) in [7, 11) is 0. The van der Waals surface area contributed by atoms with E-state index in [1.807, 2.05) is 51.1 Å². The van der Waals surface area contributed by atoms with Crippen LogP contribution in [0.2, 0.25) is 0 Å². The molecule has 4 aliphatic carbocycles. The maximum absolute atomic E-state index is 13.7. The molecule has 2 unspecified atom stereocenters. The lowest BCUT2D eigenvalue weighted by Crippen LogP contribution is -2.57. The molecule has 4 aliphatic rings. The highest BCUT2D eigenvalue weighted by atomic mass is 16.6. The van der Waals surface area contributed by atoms with Gasteiger partial charge in [0.05, 0.1) is 0 Å². The molecule has 2 N–H and O–H groups in total. The third-order valence-electron chi connectivity index (χ3n) is 13.5. The van der Waals surface area contributed by atoms with E-state index in [4.69, 9.17) is 4.74 Å². The van der Waals surface area contributed by atoms with E-state index in [1.54, 1.807) is 0 Å². The normalized spacial score (nSPS) is 35.3. The molecule has 0 spiro atoms. The summed E-state index contributed by atoms with van der Waals surface area (Å²) in [5.41, 5.74) is 1.31. The van der Waals surface area contributed by atoms with Crippen LogP contribution in [0.4, 0.5) is 4.79 Å². The fourth-order valence-corrected chi connectivity index (χ4v) is 11.2. The minimum absolute atomic E-state index is 0.0926. The molecule has 258 valence electrons. The van der Waals surface area contributed by atoms with Gasteiger partial charge in [-0.3, -0.25) is 4.79 Å². The average molecular weight is 635 g/mol. The summed E-state index contributed by atoms with van der Waals surface area (Å²) in [4.78, 5) is 26.5.